The van der Waals surface area contributed by atoms with E-state index >= 15 is 0 Å². The highest BCUT2D eigenvalue weighted by Gasteiger charge is 2.42. The number of aryl methyl sites for hydroxylation is 1. The van der Waals surface area contributed by atoms with Crippen molar-refractivity contribution < 1.29 is 32.9 Å². The number of aromatic nitrogens is 1. The van der Waals surface area contributed by atoms with E-state index in [1.165, 1.54) is 0 Å². The number of phenols is 2. The molecular formula is C34H37F3N2O4. The topological polar surface area (TPSA) is 83.7 Å². The van der Waals surface area contributed by atoms with Crippen LogP contribution in [0.2, 0.25) is 0 Å². The van der Waals surface area contributed by atoms with Crippen LogP contribution in [-0.2, 0) is 11.3 Å². The van der Waals surface area contributed by atoms with Crippen molar-refractivity contribution in [2.45, 2.75) is 58.2 Å². The van der Waals surface area contributed by atoms with Gasteiger partial charge in [0.05, 0.1) is 18.2 Å². The Labute approximate surface area is 249 Å². The average molecular weight is 595 g/mol. The van der Waals surface area contributed by atoms with Gasteiger partial charge < -0.3 is 24.8 Å². The molecule has 0 saturated heterocycles. The molecule has 1 heterocycles. The number of alkyl halides is 3. The average Bonchev–Trinajstić information content (AvgIpc) is 3.25. The lowest BCUT2D eigenvalue weighted by Crippen LogP contribution is -2.36. The number of amides is 1. The van der Waals surface area contributed by atoms with Crippen molar-refractivity contribution in [3.05, 3.63) is 77.9 Å². The van der Waals surface area contributed by atoms with Crippen molar-refractivity contribution in [2.75, 3.05) is 13.2 Å². The highest BCUT2D eigenvalue weighted by molar-refractivity contribution is 5.92. The zero-order valence-electron chi connectivity index (χ0n) is 24.2. The Bertz CT molecular complexity index is 1540. The predicted molar refractivity (Wildman–Crippen MR) is 160 cm³/mol. The number of aromatic hydroxyl groups is 2. The molecular weight excluding hydrogens is 557 g/mol. The standard InChI is InChI=1S/C34H37F3N2O4/c1-22-30-20-28(41)14-17-31(30)39(32(22)24-8-12-27(40)13-9-24)21-23-4-15-29(16-5-23)43-19-3-2-18-38-33(42)25-6-10-26(11-7-25)34(35,36)37/h4-5,8-9,12-17,20,25-26,40-41H,2-3,6-7,10-11,18-19,21H2,1H3,(H,38,42)/t25-,26-. The van der Waals surface area contributed by atoms with Crippen LogP contribution in [-0.4, -0.2) is 40.0 Å². The van der Waals surface area contributed by atoms with Crippen LogP contribution >= 0.6 is 0 Å². The first-order chi connectivity index (χ1) is 20.6. The number of unbranched alkanes of at least 4 members (excludes halogenated alkanes) is 1. The van der Waals surface area contributed by atoms with E-state index < -0.39 is 12.1 Å². The minimum absolute atomic E-state index is 0.0278. The summed E-state index contributed by atoms with van der Waals surface area (Å²) in [6, 6.07) is 20.4. The van der Waals surface area contributed by atoms with Gasteiger partial charge in [0, 0.05) is 29.9 Å². The van der Waals surface area contributed by atoms with Gasteiger partial charge in [0.2, 0.25) is 5.91 Å². The number of benzene rings is 3. The molecule has 1 fully saturated rings. The maximum absolute atomic E-state index is 12.8. The van der Waals surface area contributed by atoms with Crippen LogP contribution in [0.15, 0.2) is 66.7 Å². The first-order valence-electron chi connectivity index (χ1n) is 14.8. The Balaban J connectivity index is 1.12. The zero-order chi connectivity index (χ0) is 30.6. The number of fused-ring (bicyclic) bond motifs is 1. The number of nitrogens with zero attached hydrogens (tertiary/aromatic N) is 1. The lowest BCUT2D eigenvalue weighted by molar-refractivity contribution is -0.184. The Kier molecular flexibility index (Phi) is 9.18. The first-order valence-corrected chi connectivity index (χ1v) is 14.8. The lowest BCUT2D eigenvalue weighted by Gasteiger charge is -2.29. The van der Waals surface area contributed by atoms with E-state index in [1.54, 1.807) is 24.3 Å². The van der Waals surface area contributed by atoms with Gasteiger partial charge in [0.1, 0.15) is 17.2 Å². The second-order valence-electron chi connectivity index (χ2n) is 11.4. The van der Waals surface area contributed by atoms with Crippen LogP contribution in [0.5, 0.6) is 17.2 Å². The summed E-state index contributed by atoms with van der Waals surface area (Å²) in [6.45, 7) is 3.60. The molecule has 0 bridgehead atoms. The second-order valence-corrected chi connectivity index (χ2v) is 11.4. The molecule has 1 amide bonds. The summed E-state index contributed by atoms with van der Waals surface area (Å²) >= 11 is 0. The first kappa shape index (κ1) is 30.3. The molecule has 1 aliphatic carbocycles. The number of rotatable bonds is 10. The number of phenolic OH excluding ortho intramolecular Hbond substituents is 2. The van der Waals surface area contributed by atoms with Crippen LogP contribution in [0.3, 0.4) is 0 Å². The fourth-order valence-corrected chi connectivity index (χ4v) is 6.00. The van der Waals surface area contributed by atoms with Crippen molar-refractivity contribution in [2.24, 2.45) is 11.8 Å². The Morgan fingerprint density at radius 2 is 1.60 bits per heavy atom. The molecule has 0 atom stereocenters. The molecule has 1 aromatic heterocycles. The van der Waals surface area contributed by atoms with Gasteiger partial charge in [-0.25, -0.2) is 0 Å². The summed E-state index contributed by atoms with van der Waals surface area (Å²) in [5.41, 5.74) is 5.10. The molecule has 1 saturated carbocycles. The number of hydrogen-bond acceptors (Lipinski definition) is 4. The van der Waals surface area contributed by atoms with Crippen LogP contribution in [0.4, 0.5) is 13.2 Å². The van der Waals surface area contributed by atoms with E-state index in [0.29, 0.717) is 19.7 Å². The van der Waals surface area contributed by atoms with Gasteiger partial charge >= 0.3 is 6.18 Å². The molecule has 6 nitrogen and oxygen atoms in total. The Morgan fingerprint density at radius 1 is 0.930 bits per heavy atom. The van der Waals surface area contributed by atoms with E-state index in [2.05, 4.69) is 9.88 Å². The lowest BCUT2D eigenvalue weighted by atomic mass is 9.81. The maximum atomic E-state index is 12.8. The summed E-state index contributed by atoms with van der Waals surface area (Å²) < 4.78 is 46.6. The minimum Gasteiger partial charge on any atom is -0.508 e. The molecule has 0 spiro atoms. The third-order valence-electron chi connectivity index (χ3n) is 8.40. The summed E-state index contributed by atoms with van der Waals surface area (Å²) in [5.74, 6) is -0.599. The minimum atomic E-state index is -4.16. The number of carbonyl (C=O) groups is 1. The van der Waals surface area contributed by atoms with Crippen molar-refractivity contribution >= 4 is 16.8 Å². The smallest absolute Gasteiger partial charge is 0.391 e. The molecule has 228 valence electrons. The summed E-state index contributed by atoms with van der Waals surface area (Å²) in [5, 5.41) is 23.7. The van der Waals surface area contributed by atoms with Gasteiger partial charge in [-0.2, -0.15) is 13.2 Å². The molecule has 1 aliphatic rings. The van der Waals surface area contributed by atoms with Gasteiger partial charge in [-0.05, 0) is 117 Å². The number of ether oxygens (including phenoxy) is 1. The van der Waals surface area contributed by atoms with Crippen LogP contribution in [0, 0.1) is 18.8 Å². The summed E-state index contributed by atoms with van der Waals surface area (Å²) in [7, 11) is 0. The van der Waals surface area contributed by atoms with Crippen LogP contribution in [0.1, 0.15) is 49.7 Å². The van der Waals surface area contributed by atoms with E-state index in [1.807, 2.05) is 49.4 Å². The highest BCUT2D eigenvalue weighted by atomic mass is 19.4. The summed E-state index contributed by atoms with van der Waals surface area (Å²) in [6.07, 6.45) is -2.08. The number of hydrogen-bond donors (Lipinski definition) is 3. The molecule has 43 heavy (non-hydrogen) atoms. The zero-order valence-corrected chi connectivity index (χ0v) is 24.2. The van der Waals surface area contributed by atoms with E-state index in [-0.39, 0.29) is 49.0 Å². The highest BCUT2D eigenvalue weighted by Crippen LogP contribution is 2.40. The van der Waals surface area contributed by atoms with Gasteiger partial charge in [-0.1, -0.05) is 12.1 Å². The van der Waals surface area contributed by atoms with Gasteiger partial charge in [0.25, 0.3) is 0 Å². The molecule has 0 radical (unpaired) electrons. The van der Waals surface area contributed by atoms with Crippen molar-refractivity contribution in [3.8, 4) is 28.5 Å². The van der Waals surface area contributed by atoms with Crippen LogP contribution < -0.4 is 10.1 Å². The Hall–Kier alpha value is -4.14. The van der Waals surface area contributed by atoms with Gasteiger partial charge in [-0.3, -0.25) is 4.79 Å². The number of halogens is 3. The van der Waals surface area contributed by atoms with Crippen molar-refractivity contribution in [1.82, 2.24) is 9.88 Å². The van der Waals surface area contributed by atoms with Crippen LogP contribution in [0.25, 0.3) is 22.2 Å². The van der Waals surface area contributed by atoms with Crippen molar-refractivity contribution in [1.29, 1.82) is 0 Å². The fourth-order valence-electron chi connectivity index (χ4n) is 6.00. The Morgan fingerprint density at radius 3 is 2.28 bits per heavy atom. The van der Waals surface area contributed by atoms with Crippen molar-refractivity contribution in [3.63, 3.8) is 0 Å². The van der Waals surface area contributed by atoms with Gasteiger partial charge in [-0.15, -0.1) is 0 Å². The largest absolute Gasteiger partial charge is 0.508 e. The maximum Gasteiger partial charge on any atom is 0.391 e. The van der Waals surface area contributed by atoms with E-state index in [0.717, 1.165) is 51.9 Å². The van der Waals surface area contributed by atoms with E-state index in [9.17, 15) is 28.2 Å². The normalized spacial score (nSPS) is 17.2. The third kappa shape index (κ3) is 7.27. The summed E-state index contributed by atoms with van der Waals surface area (Å²) in [4.78, 5) is 12.3. The monoisotopic (exact) mass is 594 g/mol. The second kappa shape index (κ2) is 13.0. The number of nitrogens with one attached hydrogen (secondary N) is 1. The number of carbonyl (C=O) groups excluding carboxylic acids is 1. The molecule has 3 aromatic carbocycles. The van der Waals surface area contributed by atoms with Gasteiger partial charge in [0.15, 0.2) is 0 Å². The molecule has 9 heteroatoms. The van der Waals surface area contributed by atoms with E-state index in [4.69, 9.17) is 4.74 Å². The molecule has 5 rings (SSSR count). The molecule has 0 unspecified atom stereocenters. The SMILES string of the molecule is Cc1c(-c2ccc(O)cc2)n(Cc2ccc(OCCCCNC(=O)[C@H]3CC[C@H](C(F)(F)F)CC3)cc2)c2ccc(O)cc12. The molecule has 4 aromatic rings. The third-order valence-corrected chi connectivity index (χ3v) is 8.40. The molecule has 0 aliphatic heterocycles. The fraction of sp³-hybridized carbons (Fsp3) is 0.382. The molecule has 3 N–H and O–H groups in total. The quantitative estimate of drug-likeness (QED) is 0.164. The predicted octanol–water partition coefficient (Wildman–Crippen LogP) is 7.72.